The summed E-state index contributed by atoms with van der Waals surface area (Å²) in [5, 5.41) is 5.28. The third kappa shape index (κ3) is 2.84. The molecule has 0 aliphatic heterocycles. The summed E-state index contributed by atoms with van der Waals surface area (Å²) < 4.78 is 5.12. The molecule has 0 unspecified atom stereocenters. The summed E-state index contributed by atoms with van der Waals surface area (Å²) in [6.07, 6.45) is 0. The Balaban J connectivity index is 1.63. The summed E-state index contributed by atoms with van der Waals surface area (Å²) >= 11 is 1.88. The zero-order chi connectivity index (χ0) is 21.9. The van der Waals surface area contributed by atoms with Crippen LogP contribution >= 0.6 is 11.3 Å². The quantitative estimate of drug-likeness (QED) is 0.253. The second-order valence-corrected chi connectivity index (χ2v) is 9.82. The van der Waals surface area contributed by atoms with Crippen molar-refractivity contribution in [3.8, 4) is 16.8 Å². The van der Waals surface area contributed by atoms with Crippen molar-refractivity contribution in [2.45, 2.75) is 6.92 Å². The van der Waals surface area contributed by atoms with Crippen molar-refractivity contribution in [3.63, 3.8) is 0 Å². The number of thiophene rings is 1. The van der Waals surface area contributed by atoms with Gasteiger partial charge in [-0.25, -0.2) is 0 Å². The van der Waals surface area contributed by atoms with Crippen LogP contribution in [0.25, 0.3) is 58.8 Å². The van der Waals surface area contributed by atoms with Crippen LogP contribution in [-0.4, -0.2) is 4.57 Å². The highest BCUT2D eigenvalue weighted by Crippen LogP contribution is 2.41. The average molecular weight is 440 g/mol. The molecule has 0 saturated carbocycles. The van der Waals surface area contributed by atoms with Gasteiger partial charge in [0.15, 0.2) is 0 Å². The zero-order valence-corrected chi connectivity index (χ0v) is 19.1. The first-order chi connectivity index (χ1) is 16.3. The van der Waals surface area contributed by atoms with E-state index in [1.54, 1.807) is 0 Å². The van der Waals surface area contributed by atoms with E-state index < -0.39 is 0 Å². The normalized spacial score (nSPS) is 11.8. The molecule has 5 aromatic carbocycles. The number of rotatable bonds is 2. The van der Waals surface area contributed by atoms with Crippen molar-refractivity contribution in [1.82, 2.24) is 4.57 Å². The second kappa shape index (κ2) is 7.06. The molecule has 7 rings (SSSR count). The molecule has 0 fully saturated rings. The summed E-state index contributed by atoms with van der Waals surface area (Å²) in [7, 11) is 0. The molecule has 0 bridgehead atoms. The van der Waals surface area contributed by atoms with E-state index >= 15 is 0 Å². The lowest BCUT2D eigenvalue weighted by molar-refractivity contribution is 1.17. The van der Waals surface area contributed by atoms with Gasteiger partial charge in [-0.05, 0) is 66.1 Å². The Bertz CT molecular complexity index is 1820. The number of fused-ring (bicyclic) bond motifs is 6. The first-order valence-corrected chi connectivity index (χ1v) is 12.1. The third-order valence-corrected chi connectivity index (χ3v) is 7.76. The fourth-order valence-electron chi connectivity index (χ4n) is 5.09. The second-order valence-electron chi connectivity index (χ2n) is 8.74. The van der Waals surface area contributed by atoms with Crippen molar-refractivity contribution < 1.29 is 0 Å². The highest BCUT2D eigenvalue weighted by Gasteiger charge is 2.16. The standard InChI is InChI=1S/C31H21NS/c1-20-8-7-11-23(16-20)32-28-15-14-22(21-9-3-2-4-10-21)17-25(28)26-19-31-27(18-29(26)32)24-12-5-6-13-30(24)33-31/h2-19H,1H3. The molecule has 33 heavy (non-hydrogen) atoms. The number of hydrogen-bond donors (Lipinski definition) is 0. The Morgan fingerprint density at radius 3 is 2.21 bits per heavy atom. The number of nitrogens with zero attached hydrogens (tertiary/aromatic N) is 1. The topological polar surface area (TPSA) is 4.93 Å². The predicted octanol–water partition coefficient (Wildman–Crippen LogP) is 9.13. The number of aryl methyl sites for hydroxylation is 1. The van der Waals surface area contributed by atoms with Crippen molar-refractivity contribution in [2.75, 3.05) is 0 Å². The van der Waals surface area contributed by atoms with Gasteiger partial charge in [-0.15, -0.1) is 11.3 Å². The van der Waals surface area contributed by atoms with E-state index in [2.05, 4.69) is 121 Å². The van der Waals surface area contributed by atoms with Gasteiger partial charge in [-0.3, -0.25) is 0 Å². The highest BCUT2D eigenvalue weighted by molar-refractivity contribution is 7.25. The molecule has 0 atom stereocenters. The van der Waals surface area contributed by atoms with Crippen molar-refractivity contribution >= 4 is 53.3 Å². The number of hydrogen-bond acceptors (Lipinski definition) is 1. The van der Waals surface area contributed by atoms with Gasteiger partial charge in [0.1, 0.15) is 0 Å². The summed E-state index contributed by atoms with van der Waals surface area (Å²) in [5.74, 6) is 0. The van der Waals surface area contributed by atoms with Gasteiger partial charge in [0, 0.05) is 36.6 Å². The smallest absolute Gasteiger partial charge is 0.0548 e. The Morgan fingerprint density at radius 2 is 1.33 bits per heavy atom. The average Bonchev–Trinajstić information content (AvgIpc) is 3.37. The summed E-state index contributed by atoms with van der Waals surface area (Å²) in [6, 6.07) is 39.9. The molecule has 1 nitrogen and oxygen atoms in total. The Morgan fingerprint density at radius 1 is 0.515 bits per heavy atom. The van der Waals surface area contributed by atoms with Gasteiger partial charge in [0.2, 0.25) is 0 Å². The van der Waals surface area contributed by atoms with Gasteiger partial charge in [-0.2, -0.15) is 0 Å². The van der Waals surface area contributed by atoms with E-state index in [1.165, 1.54) is 64.4 Å². The molecule has 2 heterocycles. The lowest BCUT2D eigenvalue weighted by Gasteiger charge is -2.09. The molecule has 156 valence electrons. The van der Waals surface area contributed by atoms with E-state index in [4.69, 9.17) is 0 Å². The Labute approximate surface area is 196 Å². The number of aromatic nitrogens is 1. The van der Waals surface area contributed by atoms with E-state index in [0.717, 1.165) is 0 Å². The molecular formula is C31H21NS. The fraction of sp³-hybridized carbons (Fsp3) is 0.0323. The van der Waals surface area contributed by atoms with Gasteiger partial charge in [0.05, 0.1) is 11.0 Å². The minimum atomic E-state index is 1.21. The van der Waals surface area contributed by atoms with Crippen LogP contribution in [0.1, 0.15) is 5.56 Å². The van der Waals surface area contributed by atoms with E-state index in [9.17, 15) is 0 Å². The monoisotopic (exact) mass is 439 g/mol. The summed E-state index contributed by atoms with van der Waals surface area (Å²) in [5.41, 5.74) is 7.49. The summed E-state index contributed by atoms with van der Waals surface area (Å²) in [4.78, 5) is 0. The first-order valence-electron chi connectivity index (χ1n) is 11.3. The minimum absolute atomic E-state index is 1.21. The Kier molecular flexibility index (Phi) is 3.99. The van der Waals surface area contributed by atoms with Crippen LogP contribution in [0.4, 0.5) is 0 Å². The molecule has 2 heteroatoms. The van der Waals surface area contributed by atoms with Crippen LogP contribution in [-0.2, 0) is 0 Å². The van der Waals surface area contributed by atoms with Crippen LogP contribution in [0, 0.1) is 6.92 Å². The molecule has 7 aromatic rings. The maximum atomic E-state index is 2.43. The zero-order valence-electron chi connectivity index (χ0n) is 18.2. The molecule has 0 amide bonds. The maximum Gasteiger partial charge on any atom is 0.0548 e. The van der Waals surface area contributed by atoms with Gasteiger partial charge in [0.25, 0.3) is 0 Å². The predicted molar refractivity (Wildman–Crippen MR) is 144 cm³/mol. The van der Waals surface area contributed by atoms with E-state index in [1.807, 2.05) is 11.3 Å². The van der Waals surface area contributed by atoms with Crippen LogP contribution in [0.15, 0.2) is 109 Å². The molecule has 0 N–H and O–H groups in total. The van der Waals surface area contributed by atoms with E-state index in [-0.39, 0.29) is 0 Å². The van der Waals surface area contributed by atoms with E-state index in [0.29, 0.717) is 0 Å². The van der Waals surface area contributed by atoms with Crippen LogP contribution in [0.2, 0.25) is 0 Å². The molecule has 0 aliphatic rings. The maximum absolute atomic E-state index is 2.43. The fourth-order valence-corrected chi connectivity index (χ4v) is 6.22. The summed E-state index contributed by atoms with van der Waals surface area (Å²) in [6.45, 7) is 2.16. The van der Waals surface area contributed by atoms with Crippen LogP contribution in [0.3, 0.4) is 0 Å². The van der Waals surface area contributed by atoms with Crippen molar-refractivity contribution in [3.05, 3.63) is 115 Å². The minimum Gasteiger partial charge on any atom is -0.309 e. The van der Waals surface area contributed by atoms with Crippen LogP contribution < -0.4 is 0 Å². The van der Waals surface area contributed by atoms with Gasteiger partial charge >= 0.3 is 0 Å². The molecule has 0 aliphatic carbocycles. The van der Waals surface area contributed by atoms with Crippen LogP contribution in [0.5, 0.6) is 0 Å². The van der Waals surface area contributed by atoms with Crippen molar-refractivity contribution in [2.24, 2.45) is 0 Å². The highest BCUT2D eigenvalue weighted by atomic mass is 32.1. The Hall–Kier alpha value is -3.88. The molecule has 2 aromatic heterocycles. The molecular weight excluding hydrogens is 418 g/mol. The third-order valence-electron chi connectivity index (χ3n) is 6.63. The largest absolute Gasteiger partial charge is 0.309 e. The number of benzene rings is 5. The molecule has 0 saturated heterocycles. The molecule has 0 spiro atoms. The van der Waals surface area contributed by atoms with Gasteiger partial charge in [-0.1, -0.05) is 66.7 Å². The SMILES string of the molecule is Cc1cccc(-n2c3ccc(-c4ccccc4)cc3c3cc4sc5ccccc5c4cc32)c1. The van der Waals surface area contributed by atoms with Crippen molar-refractivity contribution in [1.29, 1.82) is 0 Å². The first kappa shape index (κ1) is 18.7. The molecule has 0 radical (unpaired) electrons. The lowest BCUT2D eigenvalue weighted by atomic mass is 10.0. The lowest BCUT2D eigenvalue weighted by Crippen LogP contribution is -1.94. The van der Waals surface area contributed by atoms with Gasteiger partial charge < -0.3 is 4.57 Å².